The Hall–Kier alpha value is -2.54. The van der Waals surface area contributed by atoms with Crippen LogP contribution in [0.15, 0.2) is 48.5 Å². The Morgan fingerprint density at radius 1 is 1.03 bits per heavy atom. The van der Waals surface area contributed by atoms with Gasteiger partial charge in [0.15, 0.2) is 0 Å². The lowest BCUT2D eigenvalue weighted by molar-refractivity contribution is -0.137. The predicted octanol–water partition coefficient (Wildman–Crippen LogP) is 5.45. The molecule has 1 aliphatic rings. The van der Waals surface area contributed by atoms with E-state index < -0.39 is 17.6 Å². The summed E-state index contributed by atoms with van der Waals surface area (Å²) in [6.45, 7) is -0.321. The largest absolute Gasteiger partial charge is 0.416 e. The van der Waals surface area contributed by atoms with E-state index in [4.69, 9.17) is 11.6 Å². The maximum atomic E-state index is 13.0. The third-order valence-electron chi connectivity index (χ3n) is 5.15. The van der Waals surface area contributed by atoms with Gasteiger partial charge in [0, 0.05) is 22.3 Å². The molecule has 2 aromatic carbocycles. The maximum absolute atomic E-state index is 13.0. The first-order valence-electron chi connectivity index (χ1n) is 9.79. The molecule has 3 rings (SSSR count). The molecule has 160 valence electrons. The minimum Gasteiger partial charge on any atom is -0.343 e. The monoisotopic (exact) mass is 438 g/mol. The van der Waals surface area contributed by atoms with Crippen LogP contribution in [0.1, 0.15) is 48.0 Å². The fraction of sp³-hybridized carbons (Fsp3) is 0.364. The second-order valence-electron chi connectivity index (χ2n) is 7.30. The van der Waals surface area contributed by atoms with E-state index in [1.165, 1.54) is 12.1 Å². The van der Waals surface area contributed by atoms with Crippen molar-refractivity contribution in [2.45, 2.75) is 44.3 Å². The van der Waals surface area contributed by atoms with Gasteiger partial charge in [-0.15, -0.1) is 0 Å². The molecule has 0 bridgehead atoms. The molecule has 1 saturated carbocycles. The lowest BCUT2D eigenvalue weighted by Gasteiger charge is -2.34. The van der Waals surface area contributed by atoms with Crippen molar-refractivity contribution in [2.24, 2.45) is 0 Å². The summed E-state index contributed by atoms with van der Waals surface area (Å²) >= 11 is 6.09. The van der Waals surface area contributed by atoms with Crippen LogP contribution in [0.4, 0.5) is 18.9 Å². The Morgan fingerprint density at radius 3 is 2.40 bits per heavy atom. The van der Waals surface area contributed by atoms with Crippen LogP contribution in [0.3, 0.4) is 0 Å². The van der Waals surface area contributed by atoms with Gasteiger partial charge in [-0.2, -0.15) is 13.2 Å². The summed E-state index contributed by atoms with van der Waals surface area (Å²) < 4.78 is 38.6. The average Bonchev–Trinajstić information content (AvgIpc) is 2.72. The molecular formula is C22H22ClF3N2O2. The van der Waals surface area contributed by atoms with Crippen LogP contribution >= 0.6 is 11.6 Å². The summed E-state index contributed by atoms with van der Waals surface area (Å²) in [4.78, 5) is 27.0. The molecule has 0 radical (unpaired) electrons. The van der Waals surface area contributed by atoms with Gasteiger partial charge in [0.05, 0.1) is 12.1 Å². The number of hydrogen-bond acceptors (Lipinski definition) is 2. The summed E-state index contributed by atoms with van der Waals surface area (Å²) in [5.41, 5.74) is -0.415. The van der Waals surface area contributed by atoms with E-state index in [1.54, 1.807) is 29.2 Å². The summed E-state index contributed by atoms with van der Waals surface area (Å²) in [5, 5.41) is 2.95. The van der Waals surface area contributed by atoms with Crippen LogP contribution in [0.2, 0.25) is 5.02 Å². The molecule has 8 heteroatoms. The zero-order chi connectivity index (χ0) is 21.7. The van der Waals surface area contributed by atoms with Crippen molar-refractivity contribution >= 4 is 29.1 Å². The molecule has 0 heterocycles. The van der Waals surface area contributed by atoms with Gasteiger partial charge in [0.2, 0.25) is 5.91 Å². The minimum absolute atomic E-state index is 0.00447. The summed E-state index contributed by atoms with van der Waals surface area (Å²) in [7, 11) is 0. The Kier molecular flexibility index (Phi) is 7.02. The molecule has 0 spiro atoms. The maximum Gasteiger partial charge on any atom is 0.416 e. The van der Waals surface area contributed by atoms with Gasteiger partial charge in [-0.1, -0.05) is 43.0 Å². The summed E-state index contributed by atoms with van der Waals surface area (Å²) in [5.74, 6) is -1.06. The number of carbonyl (C=O) groups is 2. The van der Waals surface area contributed by atoms with E-state index in [0.29, 0.717) is 10.7 Å². The number of hydrogen-bond donors (Lipinski definition) is 1. The standard InChI is InChI=1S/C22H22ClF3N2O2/c23-17-8-5-11-19(13-17)28(18-9-2-1-3-10-18)20(29)14-27-21(30)15-6-4-7-16(12-15)22(24,25)26/h4-8,11-13,18H,1-3,9-10,14H2,(H,27,30). The van der Waals surface area contributed by atoms with E-state index in [-0.39, 0.29) is 24.1 Å². The Bertz CT molecular complexity index is 911. The molecule has 0 aliphatic heterocycles. The molecule has 0 aromatic heterocycles. The van der Waals surface area contributed by atoms with Crippen LogP contribution in [0, 0.1) is 0 Å². The topological polar surface area (TPSA) is 49.4 Å². The number of alkyl halides is 3. The predicted molar refractivity (Wildman–Crippen MR) is 110 cm³/mol. The van der Waals surface area contributed by atoms with Crippen molar-refractivity contribution in [1.82, 2.24) is 5.32 Å². The van der Waals surface area contributed by atoms with Crippen molar-refractivity contribution in [3.05, 3.63) is 64.7 Å². The van der Waals surface area contributed by atoms with Crippen molar-refractivity contribution in [3.8, 4) is 0 Å². The van der Waals surface area contributed by atoms with Crippen LogP contribution in [-0.4, -0.2) is 24.4 Å². The normalized spacial score (nSPS) is 14.9. The molecule has 1 aliphatic carbocycles. The Labute approximate surface area is 178 Å². The number of nitrogens with one attached hydrogen (secondary N) is 1. The Morgan fingerprint density at radius 2 is 1.73 bits per heavy atom. The van der Waals surface area contributed by atoms with Crippen molar-refractivity contribution in [1.29, 1.82) is 0 Å². The third-order valence-corrected chi connectivity index (χ3v) is 5.38. The van der Waals surface area contributed by atoms with E-state index >= 15 is 0 Å². The molecule has 2 amide bonds. The SMILES string of the molecule is O=C(NCC(=O)N(c1cccc(Cl)c1)C1CCCCC1)c1cccc(C(F)(F)F)c1. The molecule has 0 atom stereocenters. The first kappa shape index (κ1) is 22.2. The minimum atomic E-state index is -4.55. The number of rotatable bonds is 5. The number of anilines is 1. The zero-order valence-electron chi connectivity index (χ0n) is 16.2. The second-order valence-corrected chi connectivity index (χ2v) is 7.73. The highest BCUT2D eigenvalue weighted by Gasteiger charge is 2.31. The van der Waals surface area contributed by atoms with Crippen molar-refractivity contribution < 1.29 is 22.8 Å². The number of amides is 2. The van der Waals surface area contributed by atoms with E-state index in [1.807, 2.05) is 0 Å². The van der Waals surface area contributed by atoms with Crippen LogP contribution in [0.5, 0.6) is 0 Å². The smallest absolute Gasteiger partial charge is 0.343 e. The zero-order valence-corrected chi connectivity index (χ0v) is 17.0. The van der Waals surface area contributed by atoms with Gasteiger partial charge >= 0.3 is 6.18 Å². The van der Waals surface area contributed by atoms with Gasteiger partial charge in [-0.05, 0) is 49.2 Å². The van der Waals surface area contributed by atoms with Crippen LogP contribution in [0.25, 0.3) is 0 Å². The quantitative estimate of drug-likeness (QED) is 0.674. The molecule has 2 aromatic rings. The van der Waals surface area contributed by atoms with Gasteiger partial charge in [0.1, 0.15) is 0 Å². The van der Waals surface area contributed by atoms with Gasteiger partial charge in [-0.3, -0.25) is 9.59 Å². The van der Waals surface area contributed by atoms with Gasteiger partial charge in [0.25, 0.3) is 5.91 Å². The first-order chi connectivity index (χ1) is 14.3. The van der Waals surface area contributed by atoms with Gasteiger partial charge < -0.3 is 10.2 Å². The fourth-order valence-corrected chi connectivity index (χ4v) is 3.89. The van der Waals surface area contributed by atoms with E-state index in [9.17, 15) is 22.8 Å². The average molecular weight is 439 g/mol. The molecular weight excluding hydrogens is 417 g/mol. The highest BCUT2D eigenvalue weighted by Crippen LogP contribution is 2.30. The van der Waals surface area contributed by atoms with Gasteiger partial charge in [-0.25, -0.2) is 0 Å². The molecule has 1 N–H and O–H groups in total. The molecule has 0 unspecified atom stereocenters. The highest BCUT2D eigenvalue weighted by atomic mass is 35.5. The lowest BCUT2D eigenvalue weighted by Crippen LogP contribution is -2.46. The molecule has 4 nitrogen and oxygen atoms in total. The molecule has 30 heavy (non-hydrogen) atoms. The number of halogens is 4. The lowest BCUT2D eigenvalue weighted by atomic mass is 9.93. The first-order valence-corrected chi connectivity index (χ1v) is 10.2. The van der Waals surface area contributed by atoms with Crippen LogP contribution in [-0.2, 0) is 11.0 Å². The second kappa shape index (κ2) is 9.51. The number of carbonyl (C=O) groups excluding carboxylic acids is 2. The Balaban J connectivity index is 1.73. The summed E-state index contributed by atoms with van der Waals surface area (Å²) in [6, 6.07) is 11.1. The number of benzene rings is 2. The summed E-state index contributed by atoms with van der Waals surface area (Å²) in [6.07, 6.45) is 0.272. The van der Waals surface area contributed by atoms with Crippen LogP contribution < -0.4 is 10.2 Å². The number of nitrogens with zero attached hydrogens (tertiary/aromatic N) is 1. The molecule has 0 saturated heterocycles. The van der Waals surface area contributed by atoms with Crippen molar-refractivity contribution in [3.63, 3.8) is 0 Å². The van der Waals surface area contributed by atoms with E-state index in [2.05, 4.69) is 5.32 Å². The van der Waals surface area contributed by atoms with E-state index in [0.717, 1.165) is 44.2 Å². The highest BCUT2D eigenvalue weighted by molar-refractivity contribution is 6.30. The fourth-order valence-electron chi connectivity index (χ4n) is 3.70. The van der Waals surface area contributed by atoms with Crippen molar-refractivity contribution in [2.75, 3.05) is 11.4 Å². The third kappa shape index (κ3) is 5.53. The molecule has 1 fully saturated rings.